The van der Waals surface area contributed by atoms with Crippen LogP contribution in [0.25, 0.3) is 10.2 Å². The Balaban J connectivity index is 1.64. The molecule has 2 aromatic carbocycles. The summed E-state index contributed by atoms with van der Waals surface area (Å²) in [5.41, 5.74) is 3.85. The molecule has 4 rings (SSSR count). The van der Waals surface area contributed by atoms with Crippen molar-refractivity contribution in [1.29, 1.82) is 0 Å². The van der Waals surface area contributed by atoms with Gasteiger partial charge in [0.25, 0.3) is 5.91 Å². The summed E-state index contributed by atoms with van der Waals surface area (Å²) in [6.07, 6.45) is 0. The average Bonchev–Trinajstić information content (AvgIpc) is 3.30. The van der Waals surface area contributed by atoms with E-state index in [1.807, 2.05) is 60.7 Å². The number of carbonyl (C=O) groups excluding carboxylic acids is 1. The van der Waals surface area contributed by atoms with Gasteiger partial charge in [0, 0.05) is 12.1 Å². The summed E-state index contributed by atoms with van der Waals surface area (Å²) in [5, 5.41) is 5.09. The van der Waals surface area contributed by atoms with Crippen LogP contribution < -0.4 is 10.1 Å². The number of thiophene rings is 1. The van der Waals surface area contributed by atoms with Gasteiger partial charge in [-0.05, 0) is 29.1 Å². The lowest BCUT2D eigenvalue weighted by Crippen LogP contribution is -2.25. The number of nitrogens with one attached hydrogen (secondary N) is 1. The quantitative estimate of drug-likeness (QED) is 0.530. The Labute approximate surface area is 162 Å². The SMILES string of the molecule is COc1ccccc1Cn1c(C(=O)NCc2ccccc2)cc2sccc21. The lowest BCUT2D eigenvalue weighted by Gasteiger charge is -2.13. The van der Waals surface area contributed by atoms with Crippen molar-refractivity contribution in [2.75, 3.05) is 7.11 Å². The Bertz CT molecular complexity index is 1070. The number of benzene rings is 2. The first-order valence-electron chi connectivity index (χ1n) is 8.77. The summed E-state index contributed by atoms with van der Waals surface area (Å²) < 4.78 is 8.65. The first-order valence-corrected chi connectivity index (χ1v) is 9.65. The Kier molecular flexibility index (Phi) is 4.94. The van der Waals surface area contributed by atoms with Gasteiger partial charge in [-0.1, -0.05) is 48.5 Å². The molecule has 0 saturated carbocycles. The van der Waals surface area contributed by atoms with Gasteiger partial charge in [0.05, 0.1) is 23.9 Å². The van der Waals surface area contributed by atoms with E-state index in [1.54, 1.807) is 18.4 Å². The molecule has 27 heavy (non-hydrogen) atoms. The highest BCUT2D eigenvalue weighted by atomic mass is 32.1. The van der Waals surface area contributed by atoms with Crippen molar-refractivity contribution in [3.63, 3.8) is 0 Å². The summed E-state index contributed by atoms with van der Waals surface area (Å²) in [6.45, 7) is 1.09. The summed E-state index contributed by atoms with van der Waals surface area (Å²) in [7, 11) is 1.67. The smallest absolute Gasteiger partial charge is 0.268 e. The molecule has 1 N–H and O–H groups in total. The standard InChI is InChI=1S/C22H20N2O2S/c1-26-20-10-6-5-9-17(20)15-24-18-11-12-27-21(18)13-19(24)22(25)23-14-16-7-3-2-4-8-16/h2-13H,14-15H2,1H3,(H,23,25). The Morgan fingerprint density at radius 3 is 2.67 bits per heavy atom. The van der Waals surface area contributed by atoms with Gasteiger partial charge >= 0.3 is 0 Å². The molecule has 0 radical (unpaired) electrons. The van der Waals surface area contributed by atoms with Crippen molar-refractivity contribution in [2.24, 2.45) is 0 Å². The fourth-order valence-corrected chi connectivity index (χ4v) is 4.03. The molecule has 5 heteroatoms. The van der Waals surface area contributed by atoms with Crippen LogP contribution in [0.3, 0.4) is 0 Å². The molecular formula is C22H20N2O2S. The van der Waals surface area contributed by atoms with Crippen molar-refractivity contribution in [3.05, 3.63) is 88.9 Å². The van der Waals surface area contributed by atoms with Crippen LogP contribution in [0, 0.1) is 0 Å². The zero-order chi connectivity index (χ0) is 18.6. The second kappa shape index (κ2) is 7.68. The van der Waals surface area contributed by atoms with E-state index in [4.69, 9.17) is 4.74 Å². The minimum atomic E-state index is -0.0721. The van der Waals surface area contributed by atoms with E-state index in [-0.39, 0.29) is 5.91 Å². The number of hydrogen-bond donors (Lipinski definition) is 1. The molecule has 2 heterocycles. The molecule has 0 bridgehead atoms. The number of para-hydroxylation sites is 1. The number of methoxy groups -OCH3 is 1. The lowest BCUT2D eigenvalue weighted by molar-refractivity contribution is 0.0942. The summed E-state index contributed by atoms with van der Waals surface area (Å²) >= 11 is 1.64. The predicted molar refractivity (Wildman–Crippen MR) is 110 cm³/mol. The normalized spacial score (nSPS) is 10.9. The van der Waals surface area contributed by atoms with Crippen LogP contribution in [0.2, 0.25) is 0 Å². The zero-order valence-electron chi connectivity index (χ0n) is 15.0. The molecule has 1 amide bonds. The number of carbonyl (C=O) groups is 1. The topological polar surface area (TPSA) is 43.3 Å². The minimum Gasteiger partial charge on any atom is -0.496 e. The first-order chi connectivity index (χ1) is 13.3. The third-order valence-corrected chi connectivity index (χ3v) is 5.43. The van der Waals surface area contributed by atoms with Crippen LogP contribution in [-0.4, -0.2) is 17.6 Å². The van der Waals surface area contributed by atoms with E-state index in [9.17, 15) is 4.79 Å². The van der Waals surface area contributed by atoms with Crippen LogP contribution >= 0.6 is 11.3 Å². The van der Waals surface area contributed by atoms with Crippen molar-refractivity contribution in [2.45, 2.75) is 13.1 Å². The van der Waals surface area contributed by atoms with Gasteiger partial charge < -0.3 is 14.6 Å². The molecule has 4 aromatic rings. The number of rotatable bonds is 6. The number of fused-ring (bicyclic) bond motifs is 1. The largest absolute Gasteiger partial charge is 0.496 e. The molecule has 0 atom stereocenters. The van der Waals surface area contributed by atoms with Gasteiger partial charge in [0.1, 0.15) is 11.4 Å². The average molecular weight is 376 g/mol. The maximum atomic E-state index is 12.9. The highest BCUT2D eigenvalue weighted by molar-refractivity contribution is 7.17. The molecule has 0 aliphatic heterocycles. The molecule has 0 unspecified atom stereocenters. The fourth-order valence-electron chi connectivity index (χ4n) is 3.21. The van der Waals surface area contributed by atoms with E-state index in [1.165, 1.54) is 0 Å². The number of amides is 1. The van der Waals surface area contributed by atoms with Crippen LogP contribution in [0.4, 0.5) is 0 Å². The molecule has 136 valence electrons. The molecule has 0 fully saturated rings. The van der Waals surface area contributed by atoms with E-state index in [0.29, 0.717) is 18.8 Å². The summed E-state index contributed by atoms with van der Waals surface area (Å²) in [6, 6.07) is 21.9. The Hall–Kier alpha value is -3.05. The van der Waals surface area contributed by atoms with Crippen molar-refractivity contribution in [3.8, 4) is 5.75 Å². The highest BCUT2D eigenvalue weighted by Crippen LogP contribution is 2.28. The predicted octanol–water partition coefficient (Wildman–Crippen LogP) is 4.69. The Morgan fingerprint density at radius 2 is 1.85 bits per heavy atom. The summed E-state index contributed by atoms with van der Waals surface area (Å²) in [4.78, 5) is 12.9. The third kappa shape index (κ3) is 3.59. The summed E-state index contributed by atoms with van der Waals surface area (Å²) in [5.74, 6) is 0.752. The minimum absolute atomic E-state index is 0.0721. The molecule has 0 aliphatic rings. The van der Waals surface area contributed by atoms with Gasteiger partial charge in [-0.3, -0.25) is 4.79 Å². The lowest BCUT2D eigenvalue weighted by atomic mass is 10.2. The van der Waals surface area contributed by atoms with Crippen molar-refractivity contribution < 1.29 is 9.53 Å². The van der Waals surface area contributed by atoms with Crippen molar-refractivity contribution >= 4 is 27.5 Å². The van der Waals surface area contributed by atoms with E-state index < -0.39 is 0 Å². The van der Waals surface area contributed by atoms with Crippen LogP contribution in [0.1, 0.15) is 21.6 Å². The van der Waals surface area contributed by atoms with E-state index >= 15 is 0 Å². The maximum Gasteiger partial charge on any atom is 0.268 e. The Morgan fingerprint density at radius 1 is 1.07 bits per heavy atom. The van der Waals surface area contributed by atoms with Crippen LogP contribution in [0.5, 0.6) is 5.75 Å². The maximum absolute atomic E-state index is 12.9. The molecule has 2 aromatic heterocycles. The third-order valence-electron chi connectivity index (χ3n) is 4.57. The monoisotopic (exact) mass is 376 g/mol. The fraction of sp³-hybridized carbons (Fsp3) is 0.136. The second-order valence-corrected chi connectivity index (χ2v) is 7.21. The number of nitrogens with zero attached hydrogens (tertiary/aromatic N) is 1. The number of aromatic nitrogens is 1. The van der Waals surface area contributed by atoms with Gasteiger partial charge in [0.2, 0.25) is 0 Å². The number of ether oxygens (including phenoxy) is 1. The highest BCUT2D eigenvalue weighted by Gasteiger charge is 2.17. The van der Waals surface area contributed by atoms with Gasteiger partial charge in [-0.25, -0.2) is 0 Å². The van der Waals surface area contributed by atoms with Crippen molar-refractivity contribution in [1.82, 2.24) is 9.88 Å². The molecule has 4 nitrogen and oxygen atoms in total. The van der Waals surface area contributed by atoms with E-state index in [0.717, 1.165) is 27.1 Å². The van der Waals surface area contributed by atoms with Gasteiger partial charge in [-0.15, -0.1) is 11.3 Å². The van der Waals surface area contributed by atoms with Crippen LogP contribution in [-0.2, 0) is 13.1 Å². The van der Waals surface area contributed by atoms with Crippen LogP contribution in [0.15, 0.2) is 72.1 Å². The first kappa shape index (κ1) is 17.4. The molecule has 0 saturated heterocycles. The molecule has 0 aliphatic carbocycles. The van der Waals surface area contributed by atoms with E-state index in [2.05, 4.69) is 21.3 Å². The number of hydrogen-bond acceptors (Lipinski definition) is 3. The van der Waals surface area contributed by atoms with Gasteiger partial charge in [0.15, 0.2) is 0 Å². The zero-order valence-corrected chi connectivity index (χ0v) is 15.8. The molecular weight excluding hydrogens is 356 g/mol. The van der Waals surface area contributed by atoms with Gasteiger partial charge in [-0.2, -0.15) is 0 Å². The second-order valence-electron chi connectivity index (χ2n) is 6.27. The molecule has 0 spiro atoms.